The number of halogens is 1. The molecular weight excluding hydrogens is 244 g/mol. The first-order valence-electron chi connectivity index (χ1n) is 5.10. The number of benzene rings is 1. The van der Waals surface area contributed by atoms with Gasteiger partial charge in [0.2, 0.25) is 5.75 Å². The van der Waals surface area contributed by atoms with Gasteiger partial charge in [-0.3, -0.25) is 4.79 Å². The first-order chi connectivity index (χ1) is 8.13. The number of alkyl halides is 1. The molecule has 4 nitrogen and oxygen atoms in total. The van der Waals surface area contributed by atoms with Crippen molar-refractivity contribution < 1.29 is 19.0 Å². The third-order valence-corrected chi connectivity index (χ3v) is 2.52. The van der Waals surface area contributed by atoms with Crippen LogP contribution in [-0.2, 0) is 4.79 Å². The van der Waals surface area contributed by atoms with Crippen molar-refractivity contribution >= 4 is 17.4 Å². The molecule has 1 aromatic carbocycles. The molecule has 0 saturated carbocycles. The molecule has 1 atom stereocenters. The van der Waals surface area contributed by atoms with Crippen LogP contribution < -0.4 is 14.2 Å². The number of para-hydroxylation sites is 1. The predicted molar refractivity (Wildman–Crippen MR) is 65.4 cm³/mol. The highest BCUT2D eigenvalue weighted by molar-refractivity contribution is 6.28. The van der Waals surface area contributed by atoms with Gasteiger partial charge < -0.3 is 14.2 Å². The van der Waals surface area contributed by atoms with E-state index in [1.165, 1.54) is 14.2 Å². The summed E-state index contributed by atoms with van der Waals surface area (Å²) in [5, 5.41) is 0. The molecule has 0 radical (unpaired) electrons. The summed E-state index contributed by atoms with van der Waals surface area (Å²) in [6.45, 7) is 1.64. The fourth-order valence-corrected chi connectivity index (χ4v) is 1.53. The van der Waals surface area contributed by atoms with Crippen molar-refractivity contribution in [2.75, 3.05) is 20.1 Å². The van der Waals surface area contributed by atoms with Crippen molar-refractivity contribution in [1.29, 1.82) is 0 Å². The third kappa shape index (κ3) is 3.27. The van der Waals surface area contributed by atoms with Crippen LogP contribution >= 0.6 is 11.6 Å². The smallest absolute Gasteiger partial charge is 0.203 e. The number of hydrogen-bond acceptors (Lipinski definition) is 4. The third-order valence-electron chi connectivity index (χ3n) is 2.26. The van der Waals surface area contributed by atoms with Crippen LogP contribution in [0, 0.1) is 0 Å². The number of hydrogen-bond donors (Lipinski definition) is 0. The Morgan fingerprint density at radius 2 is 1.94 bits per heavy atom. The Bertz CT molecular complexity index is 392. The van der Waals surface area contributed by atoms with Gasteiger partial charge in [0, 0.05) is 0 Å². The minimum atomic E-state index is -0.617. The maximum Gasteiger partial charge on any atom is 0.203 e. The maximum absolute atomic E-state index is 11.3. The lowest BCUT2D eigenvalue weighted by Crippen LogP contribution is -2.25. The number of ether oxygens (including phenoxy) is 3. The van der Waals surface area contributed by atoms with Crippen LogP contribution in [0.5, 0.6) is 17.2 Å². The molecule has 17 heavy (non-hydrogen) atoms. The second-order valence-electron chi connectivity index (χ2n) is 3.35. The molecule has 0 aromatic heterocycles. The van der Waals surface area contributed by atoms with Crippen LogP contribution in [0.15, 0.2) is 18.2 Å². The number of methoxy groups -OCH3 is 2. The number of Topliss-reactive ketones (excluding diaryl/α,β-unsaturated/α-hetero) is 1. The topological polar surface area (TPSA) is 44.8 Å². The molecule has 0 N–H and O–H groups in total. The molecule has 0 fully saturated rings. The molecule has 5 heteroatoms. The monoisotopic (exact) mass is 258 g/mol. The molecule has 0 saturated heterocycles. The Morgan fingerprint density at radius 3 is 2.47 bits per heavy atom. The van der Waals surface area contributed by atoms with Gasteiger partial charge in [-0.25, -0.2) is 0 Å². The molecule has 0 spiro atoms. The van der Waals surface area contributed by atoms with Gasteiger partial charge in [0.05, 0.1) is 20.1 Å². The van der Waals surface area contributed by atoms with Gasteiger partial charge >= 0.3 is 0 Å². The van der Waals surface area contributed by atoms with Gasteiger partial charge in [-0.15, -0.1) is 11.6 Å². The molecule has 0 amide bonds. The van der Waals surface area contributed by atoms with E-state index in [2.05, 4.69) is 0 Å². The van der Waals surface area contributed by atoms with E-state index in [0.717, 1.165) is 0 Å². The van der Waals surface area contributed by atoms with Crippen LogP contribution in [0.2, 0.25) is 0 Å². The molecule has 0 aliphatic carbocycles. The van der Waals surface area contributed by atoms with Gasteiger partial charge in [-0.2, -0.15) is 0 Å². The molecule has 0 bridgehead atoms. The van der Waals surface area contributed by atoms with Crippen LogP contribution in [-0.4, -0.2) is 32.0 Å². The Morgan fingerprint density at radius 1 is 1.29 bits per heavy atom. The van der Waals surface area contributed by atoms with Gasteiger partial charge in [0.15, 0.2) is 23.4 Å². The zero-order valence-electron chi connectivity index (χ0n) is 10.0. The molecule has 94 valence electrons. The standard InChI is InChI=1S/C12H15ClO4/c1-8(9(14)7-13)17-11-6-4-5-10(15-2)12(11)16-3/h4-6,8H,7H2,1-3H3. The Kier molecular flexibility index (Phi) is 5.10. The Hall–Kier alpha value is -1.42. The molecular formula is C12H15ClO4. The van der Waals surface area contributed by atoms with E-state index in [0.29, 0.717) is 17.2 Å². The predicted octanol–water partition coefficient (Wildman–Crippen LogP) is 2.28. The normalized spacial score (nSPS) is 11.8. The van der Waals surface area contributed by atoms with Crippen molar-refractivity contribution in [3.63, 3.8) is 0 Å². The fraction of sp³-hybridized carbons (Fsp3) is 0.417. The average molecular weight is 259 g/mol. The van der Waals surface area contributed by atoms with Crippen LogP contribution in [0.4, 0.5) is 0 Å². The van der Waals surface area contributed by atoms with Gasteiger partial charge in [0.1, 0.15) is 0 Å². The lowest BCUT2D eigenvalue weighted by atomic mass is 10.2. The summed E-state index contributed by atoms with van der Waals surface area (Å²) < 4.78 is 15.8. The summed E-state index contributed by atoms with van der Waals surface area (Å²) in [4.78, 5) is 11.3. The van der Waals surface area contributed by atoms with E-state index < -0.39 is 6.10 Å². The zero-order valence-corrected chi connectivity index (χ0v) is 10.8. The van der Waals surface area contributed by atoms with Crippen molar-refractivity contribution in [1.82, 2.24) is 0 Å². The quantitative estimate of drug-likeness (QED) is 0.735. The zero-order chi connectivity index (χ0) is 12.8. The molecule has 0 aliphatic heterocycles. The molecule has 0 heterocycles. The highest BCUT2D eigenvalue weighted by atomic mass is 35.5. The van der Waals surface area contributed by atoms with E-state index in [1.54, 1.807) is 25.1 Å². The minimum Gasteiger partial charge on any atom is -0.493 e. The maximum atomic E-state index is 11.3. The Balaban J connectivity index is 2.94. The minimum absolute atomic E-state index is 0.0759. The van der Waals surface area contributed by atoms with E-state index in [4.69, 9.17) is 25.8 Å². The largest absolute Gasteiger partial charge is 0.493 e. The second-order valence-corrected chi connectivity index (χ2v) is 3.62. The van der Waals surface area contributed by atoms with E-state index in [9.17, 15) is 4.79 Å². The number of carbonyl (C=O) groups excluding carboxylic acids is 1. The average Bonchev–Trinajstić information content (AvgIpc) is 2.37. The lowest BCUT2D eigenvalue weighted by molar-refractivity contribution is -0.122. The molecule has 1 rings (SSSR count). The summed E-state index contributed by atoms with van der Waals surface area (Å²) >= 11 is 5.46. The van der Waals surface area contributed by atoms with Crippen molar-refractivity contribution in [2.45, 2.75) is 13.0 Å². The van der Waals surface area contributed by atoms with Gasteiger partial charge in [-0.05, 0) is 19.1 Å². The van der Waals surface area contributed by atoms with Crippen molar-refractivity contribution in [3.8, 4) is 17.2 Å². The number of rotatable bonds is 6. The summed E-state index contributed by atoms with van der Waals surface area (Å²) in [5.74, 6) is 1.21. The summed E-state index contributed by atoms with van der Waals surface area (Å²) in [6, 6.07) is 5.22. The van der Waals surface area contributed by atoms with Crippen LogP contribution in [0.25, 0.3) is 0 Å². The van der Waals surface area contributed by atoms with Crippen molar-refractivity contribution in [3.05, 3.63) is 18.2 Å². The number of ketones is 1. The molecule has 0 aliphatic rings. The van der Waals surface area contributed by atoms with E-state index in [1.807, 2.05) is 0 Å². The molecule has 1 aromatic rings. The summed E-state index contributed by atoms with van der Waals surface area (Å²) in [7, 11) is 3.05. The summed E-state index contributed by atoms with van der Waals surface area (Å²) in [5.41, 5.74) is 0. The van der Waals surface area contributed by atoms with E-state index in [-0.39, 0.29) is 11.7 Å². The highest BCUT2D eigenvalue weighted by Gasteiger charge is 2.17. The van der Waals surface area contributed by atoms with Gasteiger partial charge in [0.25, 0.3) is 0 Å². The van der Waals surface area contributed by atoms with Crippen molar-refractivity contribution in [2.24, 2.45) is 0 Å². The SMILES string of the molecule is COc1cccc(OC(C)C(=O)CCl)c1OC. The van der Waals surface area contributed by atoms with E-state index >= 15 is 0 Å². The van der Waals surface area contributed by atoms with Crippen LogP contribution in [0.1, 0.15) is 6.92 Å². The number of carbonyl (C=O) groups is 1. The molecule has 1 unspecified atom stereocenters. The second kappa shape index (κ2) is 6.35. The Labute approximate surface area is 105 Å². The fourth-order valence-electron chi connectivity index (χ4n) is 1.32. The highest BCUT2D eigenvalue weighted by Crippen LogP contribution is 2.37. The summed E-state index contributed by atoms with van der Waals surface area (Å²) in [6.07, 6.45) is -0.617. The first kappa shape index (κ1) is 13.6. The lowest BCUT2D eigenvalue weighted by Gasteiger charge is -2.16. The first-order valence-corrected chi connectivity index (χ1v) is 5.63. The van der Waals surface area contributed by atoms with Crippen LogP contribution in [0.3, 0.4) is 0 Å². The van der Waals surface area contributed by atoms with Gasteiger partial charge in [-0.1, -0.05) is 6.07 Å².